The maximum absolute atomic E-state index is 13.4. The number of carbonyl (C=O) groups excluding carboxylic acids is 1. The molecule has 1 saturated heterocycles. The smallest absolute Gasteiger partial charge is 0.229 e. The predicted octanol–water partition coefficient (Wildman–Crippen LogP) is 2.91. The number of hydrogen-bond acceptors (Lipinski definition) is 3. The summed E-state index contributed by atoms with van der Waals surface area (Å²) in [6.45, 7) is 2.30. The Hall–Kier alpha value is -1.47. The van der Waals surface area contributed by atoms with Crippen molar-refractivity contribution < 1.29 is 17.6 Å². The molecule has 1 N–H and O–H groups in total. The maximum atomic E-state index is 13.4. The van der Waals surface area contributed by atoms with E-state index >= 15 is 0 Å². The van der Waals surface area contributed by atoms with Gasteiger partial charge in [-0.05, 0) is 48.9 Å². The van der Waals surface area contributed by atoms with Crippen LogP contribution in [0.25, 0.3) is 0 Å². The lowest BCUT2D eigenvalue weighted by atomic mass is 9.67. The van der Waals surface area contributed by atoms with Gasteiger partial charge < -0.3 is 5.32 Å². The number of anilines is 1. The number of halogens is 1. The minimum Gasteiger partial charge on any atom is -0.326 e. The predicted molar refractivity (Wildman–Crippen MR) is 95.2 cm³/mol. The Bertz CT molecular complexity index is 773. The van der Waals surface area contributed by atoms with Crippen LogP contribution in [-0.4, -0.2) is 38.0 Å². The second-order valence-electron chi connectivity index (χ2n) is 7.48. The number of aryl methyl sites for hydroxylation is 1. The normalized spacial score (nSPS) is 23.7. The minimum absolute atomic E-state index is 0.168. The van der Waals surface area contributed by atoms with E-state index in [9.17, 15) is 17.6 Å². The quantitative estimate of drug-likeness (QED) is 0.892. The van der Waals surface area contributed by atoms with E-state index in [1.54, 1.807) is 13.0 Å². The van der Waals surface area contributed by atoms with Gasteiger partial charge >= 0.3 is 0 Å². The molecule has 1 amide bonds. The van der Waals surface area contributed by atoms with Gasteiger partial charge in [-0.2, -0.15) is 0 Å². The van der Waals surface area contributed by atoms with Gasteiger partial charge in [0.2, 0.25) is 15.9 Å². The SMILES string of the molecule is Cc1cc(NC(=O)C2CN(S(C)(=O)=O)CC23CCCCC3)ccc1F. The molecule has 3 rings (SSSR count). The average molecular weight is 368 g/mol. The van der Waals surface area contributed by atoms with Crippen LogP contribution < -0.4 is 5.32 Å². The monoisotopic (exact) mass is 368 g/mol. The molecule has 1 heterocycles. The summed E-state index contributed by atoms with van der Waals surface area (Å²) in [7, 11) is -3.33. The summed E-state index contributed by atoms with van der Waals surface area (Å²) in [5, 5.41) is 2.87. The molecule has 1 unspecified atom stereocenters. The molecule has 25 heavy (non-hydrogen) atoms. The number of nitrogens with zero attached hydrogens (tertiary/aromatic N) is 1. The number of hydrogen-bond donors (Lipinski definition) is 1. The molecule has 2 aliphatic rings. The first-order valence-electron chi connectivity index (χ1n) is 8.73. The molecule has 1 aliphatic heterocycles. The minimum atomic E-state index is -3.33. The summed E-state index contributed by atoms with van der Waals surface area (Å²) in [5.41, 5.74) is 0.738. The van der Waals surface area contributed by atoms with Crippen molar-refractivity contribution in [3.63, 3.8) is 0 Å². The van der Waals surface area contributed by atoms with E-state index < -0.39 is 10.0 Å². The Morgan fingerprint density at radius 1 is 1.28 bits per heavy atom. The highest BCUT2D eigenvalue weighted by atomic mass is 32.2. The molecular formula is C18H25FN2O3S. The van der Waals surface area contributed by atoms with Gasteiger partial charge in [0.05, 0.1) is 12.2 Å². The van der Waals surface area contributed by atoms with E-state index in [0.717, 1.165) is 32.1 Å². The largest absolute Gasteiger partial charge is 0.326 e. The lowest BCUT2D eigenvalue weighted by Gasteiger charge is -2.37. The molecule has 1 aromatic carbocycles. The van der Waals surface area contributed by atoms with Crippen LogP contribution in [0.15, 0.2) is 18.2 Å². The highest BCUT2D eigenvalue weighted by Crippen LogP contribution is 2.48. The van der Waals surface area contributed by atoms with E-state index in [1.165, 1.54) is 22.7 Å². The summed E-state index contributed by atoms with van der Waals surface area (Å²) < 4.78 is 38.9. The van der Waals surface area contributed by atoms with Crippen molar-refractivity contribution in [3.8, 4) is 0 Å². The third-order valence-electron chi connectivity index (χ3n) is 5.68. The topological polar surface area (TPSA) is 66.5 Å². The van der Waals surface area contributed by atoms with E-state index in [1.807, 2.05) is 0 Å². The Morgan fingerprint density at radius 2 is 1.96 bits per heavy atom. The first-order chi connectivity index (χ1) is 11.7. The molecule has 1 aromatic rings. The summed E-state index contributed by atoms with van der Waals surface area (Å²) in [5.74, 6) is -0.849. The number of rotatable bonds is 3. The van der Waals surface area contributed by atoms with Crippen molar-refractivity contribution in [2.45, 2.75) is 39.0 Å². The third kappa shape index (κ3) is 3.72. The number of nitrogens with one attached hydrogen (secondary N) is 1. The fourth-order valence-electron chi connectivity index (χ4n) is 4.25. The molecule has 1 saturated carbocycles. The second kappa shape index (κ2) is 6.68. The fourth-order valence-corrected chi connectivity index (χ4v) is 5.16. The zero-order valence-electron chi connectivity index (χ0n) is 14.7. The fraction of sp³-hybridized carbons (Fsp3) is 0.611. The molecule has 7 heteroatoms. The first kappa shape index (κ1) is 18.3. The van der Waals surface area contributed by atoms with Crippen molar-refractivity contribution in [1.29, 1.82) is 0 Å². The van der Waals surface area contributed by atoms with Crippen LogP contribution in [0.3, 0.4) is 0 Å². The molecule has 5 nitrogen and oxygen atoms in total. The van der Waals surface area contributed by atoms with Gasteiger partial charge in [-0.1, -0.05) is 19.3 Å². The second-order valence-corrected chi connectivity index (χ2v) is 9.47. The van der Waals surface area contributed by atoms with Crippen molar-refractivity contribution in [3.05, 3.63) is 29.6 Å². The number of carbonyl (C=O) groups is 1. The van der Waals surface area contributed by atoms with Crippen molar-refractivity contribution >= 4 is 21.6 Å². The Morgan fingerprint density at radius 3 is 2.56 bits per heavy atom. The zero-order valence-corrected chi connectivity index (χ0v) is 15.5. The lowest BCUT2D eigenvalue weighted by molar-refractivity contribution is -0.123. The van der Waals surface area contributed by atoms with Crippen LogP contribution in [0.1, 0.15) is 37.7 Å². The van der Waals surface area contributed by atoms with Gasteiger partial charge in [0.15, 0.2) is 0 Å². The van der Waals surface area contributed by atoms with E-state index in [0.29, 0.717) is 17.8 Å². The van der Waals surface area contributed by atoms with E-state index in [2.05, 4.69) is 5.32 Å². The summed E-state index contributed by atoms with van der Waals surface area (Å²) in [6, 6.07) is 4.47. The molecule has 2 fully saturated rings. The summed E-state index contributed by atoms with van der Waals surface area (Å²) >= 11 is 0. The van der Waals surface area contributed by atoms with Crippen molar-refractivity contribution in [2.75, 3.05) is 24.7 Å². The zero-order chi connectivity index (χ0) is 18.2. The lowest BCUT2D eigenvalue weighted by Crippen LogP contribution is -2.39. The molecular weight excluding hydrogens is 343 g/mol. The van der Waals surface area contributed by atoms with Gasteiger partial charge in [-0.15, -0.1) is 0 Å². The highest BCUT2D eigenvalue weighted by Gasteiger charge is 2.52. The van der Waals surface area contributed by atoms with Crippen molar-refractivity contribution in [2.24, 2.45) is 11.3 Å². The highest BCUT2D eigenvalue weighted by molar-refractivity contribution is 7.88. The Balaban J connectivity index is 1.84. The first-order valence-corrected chi connectivity index (χ1v) is 10.6. The van der Waals surface area contributed by atoms with Gasteiger partial charge in [0.25, 0.3) is 0 Å². The van der Waals surface area contributed by atoms with Crippen LogP contribution in [0, 0.1) is 24.1 Å². The van der Waals surface area contributed by atoms with E-state index in [-0.39, 0.29) is 29.6 Å². The summed E-state index contributed by atoms with van der Waals surface area (Å²) in [6.07, 6.45) is 6.13. The van der Waals surface area contributed by atoms with Crippen LogP contribution in [-0.2, 0) is 14.8 Å². The molecule has 1 spiro atoms. The van der Waals surface area contributed by atoms with Gasteiger partial charge in [-0.3, -0.25) is 4.79 Å². The molecule has 1 atom stereocenters. The van der Waals surface area contributed by atoms with Gasteiger partial charge in [0, 0.05) is 18.8 Å². The molecule has 0 radical (unpaired) electrons. The number of amides is 1. The molecule has 138 valence electrons. The number of benzene rings is 1. The van der Waals surface area contributed by atoms with Crippen LogP contribution in [0.5, 0.6) is 0 Å². The number of sulfonamides is 1. The van der Waals surface area contributed by atoms with Crippen LogP contribution in [0.2, 0.25) is 0 Å². The Labute approximate surface area is 148 Å². The van der Waals surface area contributed by atoms with Gasteiger partial charge in [0.1, 0.15) is 5.82 Å². The molecule has 0 bridgehead atoms. The van der Waals surface area contributed by atoms with Gasteiger partial charge in [-0.25, -0.2) is 17.1 Å². The molecule has 1 aliphatic carbocycles. The van der Waals surface area contributed by atoms with Crippen molar-refractivity contribution in [1.82, 2.24) is 4.31 Å². The average Bonchev–Trinajstić information content (AvgIpc) is 2.91. The van der Waals surface area contributed by atoms with E-state index in [4.69, 9.17) is 0 Å². The van der Waals surface area contributed by atoms with Crippen LogP contribution in [0.4, 0.5) is 10.1 Å². The third-order valence-corrected chi connectivity index (χ3v) is 6.89. The molecule has 0 aromatic heterocycles. The van der Waals surface area contributed by atoms with Crippen LogP contribution >= 0.6 is 0 Å². The Kier molecular flexibility index (Phi) is 4.90. The summed E-state index contributed by atoms with van der Waals surface area (Å²) in [4.78, 5) is 12.9. The standard InChI is InChI=1S/C18H25FN2O3S/c1-13-10-14(6-7-16(13)19)20-17(22)15-11-21(25(2,23)24)12-18(15)8-4-3-5-9-18/h6-7,10,15H,3-5,8-9,11-12H2,1-2H3,(H,20,22). The maximum Gasteiger partial charge on any atom is 0.229 e.